The summed E-state index contributed by atoms with van der Waals surface area (Å²) in [5.41, 5.74) is 19.0. The second-order valence-electron chi connectivity index (χ2n) is 33.1. The number of amides is 3. The number of rotatable bonds is 12. The van der Waals surface area contributed by atoms with Crippen molar-refractivity contribution in [3.05, 3.63) is 281 Å². The van der Waals surface area contributed by atoms with E-state index in [1.54, 1.807) is 18.2 Å². The van der Waals surface area contributed by atoms with Gasteiger partial charge in [-0.25, -0.2) is 15.0 Å². The van der Waals surface area contributed by atoms with Crippen LogP contribution in [0.3, 0.4) is 0 Å². The Kier molecular flexibility index (Phi) is 23.0. The van der Waals surface area contributed by atoms with Gasteiger partial charge in [0.25, 0.3) is 23.3 Å². The SMILES string of the molecule is CC(=O)O.Cc1cc(C)c2nc(N3C(=O)C(=O)C(=C(O)c4ccc5c(c4)CC(C)O5)C3c3ccc(C(C)C)cc3)sc2c1.Cc1cc(C)c2nc(N3C(=O)C(=O)C(=C(O)c4ccc5c(c4)CC(C)O5)C3c3ccc(C(C)C)cc3)sc2c1.Cc1cc(C)c2nc(N3C(=O)C(=O)C(=C(O)c4ccc5c(c4)CC(C)O5)C3c3ccc(C(C)C)cc3)sc2c1. The summed E-state index contributed by atoms with van der Waals surface area (Å²) in [5.74, 6) is -2.32. The number of carboxylic acids is 1. The van der Waals surface area contributed by atoms with Crippen LogP contribution in [-0.4, -0.2) is 94.7 Å². The molecule has 0 spiro atoms. The average Bonchev–Trinajstić information content (AvgIpc) is 1.59. The van der Waals surface area contributed by atoms with E-state index in [0.29, 0.717) is 49.8 Å². The van der Waals surface area contributed by atoms with E-state index in [9.17, 15) is 44.1 Å². The highest BCUT2D eigenvalue weighted by molar-refractivity contribution is 7.23. The fourth-order valence-electron chi connectivity index (χ4n) is 16.8. The van der Waals surface area contributed by atoms with Gasteiger partial charge in [-0.3, -0.25) is 48.3 Å². The third-order valence-corrected chi connectivity index (χ3v) is 25.7. The lowest BCUT2D eigenvalue weighted by molar-refractivity contribution is -0.134. The first kappa shape index (κ1) is 83.6. The lowest BCUT2D eigenvalue weighted by Crippen LogP contribution is -2.29. The Morgan fingerprint density at radius 2 is 0.612 bits per heavy atom. The third kappa shape index (κ3) is 16.1. The molecular formula is C98H94N6O14S3. The van der Waals surface area contributed by atoms with Crippen LogP contribution in [0.15, 0.2) is 181 Å². The standard InChI is InChI=1S/3C32H30N2O4S.C2H4O2/c3*1-16(2)20-6-8-21(9-7-20)28-26(29(35)22-10-11-24-23(15-22)14-19(5)38-24)30(36)31(37)34(28)32-33-27-18(4)12-17(3)13-25(27)39-32;1-2(3)4/h3*6-13,15-16,19,28,35H,14H2,1-5H3;1H3,(H,3,4). The zero-order chi connectivity index (χ0) is 86.3. The van der Waals surface area contributed by atoms with Crippen LogP contribution in [0.4, 0.5) is 15.4 Å². The highest BCUT2D eigenvalue weighted by Gasteiger charge is 2.52. The van der Waals surface area contributed by atoms with Crippen molar-refractivity contribution >= 4 is 138 Å². The number of aliphatic hydroxyl groups excluding tert-OH is 3. The number of aromatic nitrogens is 3. The van der Waals surface area contributed by atoms with Crippen LogP contribution in [0.1, 0.15) is 205 Å². The van der Waals surface area contributed by atoms with E-state index in [-0.39, 0.29) is 52.3 Å². The number of ether oxygens (including phenoxy) is 3. The number of ketones is 3. The maximum Gasteiger partial charge on any atom is 0.301 e. The Hall–Kier alpha value is -12.4. The molecule has 3 amide bonds. The molecule has 4 N–H and O–H groups in total. The minimum atomic E-state index is -0.833. The van der Waals surface area contributed by atoms with Gasteiger partial charge < -0.3 is 34.6 Å². The summed E-state index contributed by atoms with van der Waals surface area (Å²) >= 11 is 4.15. The van der Waals surface area contributed by atoms with Crippen molar-refractivity contribution in [3.63, 3.8) is 0 Å². The number of aliphatic carboxylic acids is 1. The number of aryl methyl sites for hydroxylation is 6. The molecule has 12 aromatic rings. The van der Waals surface area contributed by atoms with Gasteiger partial charge in [0.05, 0.1) is 65.5 Å². The van der Waals surface area contributed by atoms with Gasteiger partial charge in [-0.05, 0) is 236 Å². The monoisotopic (exact) mass is 1670 g/mol. The van der Waals surface area contributed by atoms with Gasteiger partial charge in [-0.1, -0.05) is 167 Å². The van der Waals surface area contributed by atoms with E-state index < -0.39 is 59.2 Å². The van der Waals surface area contributed by atoms with Crippen molar-refractivity contribution in [2.75, 3.05) is 14.7 Å². The zero-order valence-corrected chi connectivity index (χ0v) is 72.6. The molecule has 3 saturated heterocycles. The molecule has 9 aromatic carbocycles. The average molecular weight is 1680 g/mol. The van der Waals surface area contributed by atoms with Gasteiger partial charge in [-0.2, -0.15) is 0 Å². The van der Waals surface area contributed by atoms with Gasteiger partial charge in [0.1, 0.15) is 52.8 Å². The van der Waals surface area contributed by atoms with Crippen LogP contribution in [0.25, 0.3) is 47.9 Å². The number of carbonyl (C=O) groups is 7. The van der Waals surface area contributed by atoms with E-state index in [2.05, 4.69) is 59.7 Å². The van der Waals surface area contributed by atoms with Crippen molar-refractivity contribution in [1.29, 1.82) is 0 Å². The second kappa shape index (κ2) is 33.3. The van der Waals surface area contributed by atoms with Gasteiger partial charge in [0, 0.05) is 42.9 Å². The van der Waals surface area contributed by atoms with E-state index in [1.807, 2.05) is 190 Å². The number of hydrogen-bond acceptors (Lipinski definition) is 19. The number of carbonyl (C=O) groups excluding carboxylic acids is 6. The van der Waals surface area contributed by atoms with Crippen molar-refractivity contribution < 1.29 is 68.2 Å². The number of thiazole rings is 3. The number of aliphatic hydroxyl groups is 3. The largest absolute Gasteiger partial charge is 0.507 e. The van der Waals surface area contributed by atoms with Gasteiger partial charge in [0.15, 0.2) is 15.4 Å². The van der Waals surface area contributed by atoms with Crippen molar-refractivity contribution in [2.24, 2.45) is 0 Å². The van der Waals surface area contributed by atoms with E-state index >= 15 is 0 Å². The molecule has 23 heteroatoms. The minimum Gasteiger partial charge on any atom is -0.507 e. The molecule has 0 bridgehead atoms. The summed E-state index contributed by atoms with van der Waals surface area (Å²) in [6, 6.07) is 49.8. The number of nitrogens with zero attached hydrogens (tertiary/aromatic N) is 6. The quantitative estimate of drug-likeness (QED) is 0.0502. The van der Waals surface area contributed by atoms with Crippen LogP contribution in [-0.2, 0) is 52.8 Å². The van der Waals surface area contributed by atoms with E-state index in [4.69, 9.17) is 39.1 Å². The molecule has 18 rings (SSSR count). The molecule has 9 heterocycles. The fraction of sp³-hybridized carbons (Fsp3) is 0.286. The fourth-order valence-corrected chi connectivity index (χ4v) is 20.3. The molecule has 3 fully saturated rings. The smallest absolute Gasteiger partial charge is 0.301 e. The molecule has 6 aliphatic rings. The highest BCUT2D eigenvalue weighted by atomic mass is 32.1. The van der Waals surface area contributed by atoms with Crippen LogP contribution < -0.4 is 28.9 Å². The summed E-state index contributed by atoms with van der Waals surface area (Å²) in [6.07, 6.45) is 2.30. The molecule has 3 aromatic heterocycles. The number of carboxylic acid groups (broad SMARTS) is 1. The summed E-state index contributed by atoms with van der Waals surface area (Å²) in [6.45, 7) is 31.8. The Morgan fingerprint density at radius 3 is 0.843 bits per heavy atom. The molecule has 0 saturated carbocycles. The molecule has 6 atom stereocenters. The topological polar surface area (TPSA) is 276 Å². The number of anilines is 3. The molecule has 6 aliphatic heterocycles. The van der Waals surface area contributed by atoms with Crippen molar-refractivity contribution in [3.8, 4) is 17.2 Å². The van der Waals surface area contributed by atoms with Crippen molar-refractivity contribution in [2.45, 2.75) is 184 Å². The predicted octanol–water partition coefficient (Wildman–Crippen LogP) is 21.0. The maximum atomic E-state index is 13.6. The first-order valence-corrected chi connectivity index (χ1v) is 43.0. The Balaban J connectivity index is 0.000000138. The third-order valence-electron chi connectivity index (χ3n) is 22.7. The highest BCUT2D eigenvalue weighted by Crippen LogP contribution is 2.51. The van der Waals surface area contributed by atoms with Gasteiger partial charge in [0.2, 0.25) is 0 Å². The number of hydrogen-bond donors (Lipinski definition) is 4. The van der Waals surface area contributed by atoms with Crippen LogP contribution in [0.5, 0.6) is 17.2 Å². The maximum absolute atomic E-state index is 13.6. The minimum absolute atomic E-state index is 0.0496. The van der Waals surface area contributed by atoms with E-state index in [1.165, 1.54) is 48.7 Å². The first-order valence-electron chi connectivity index (χ1n) is 40.5. The number of Topliss-reactive ketones (excluding diaryl/α,β-unsaturated/α-hetero) is 3. The van der Waals surface area contributed by atoms with Crippen LogP contribution in [0, 0.1) is 41.5 Å². The Bertz CT molecular complexity index is 5760. The Morgan fingerprint density at radius 1 is 0.372 bits per heavy atom. The van der Waals surface area contributed by atoms with Gasteiger partial charge >= 0.3 is 17.7 Å². The molecule has 20 nitrogen and oxygen atoms in total. The molecule has 0 aliphatic carbocycles. The summed E-state index contributed by atoms with van der Waals surface area (Å²) in [7, 11) is 0. The molecule has 121 heavy (non-hydrogen) atoms. The van der Waals surface area contributed by atoms with Gasteiger partial charge in [-0.15, -0.1) is 0 Å². The molecular weight excluding hydrogens is 1580 g/mol. The van der Waals surface area contributed by atoms with Crippen LogP contribution in [0.2, 0.25) is 0 Å². The van der Waals surface area contributed by atoms with E-state index in [0.717, 1.165) is 158 Å². The molecule has 6 unspecified atom stereocenters. The molecule has 0 radical (unpaired) electrons. The van der Waals surface area contributed by atoms with Crippen molar-refractivity contribution in [1.82, 2.24) is 15.0 Å². The summed E-state index contributed by atoms with van der Waals surface area (Å²) in [4.78, 5) is 110. The first-order chi connectivity index (χ1) is 57.6. The zero-order valence-electron chi connectivity index (χ0n) is 70.2. The Labute approximate surface area is 713 Å². The second-order valence-corrected chi connectivity index (χ2v) is 36.2. The predicted molar refractivity (Wildman–Crippen MR) is 477 cm³/mol. The molecule has 618 valence electrons. The lowest BCUT2D eigenvalue weighted by atomic mass is 9.93. The number of benzene rings is 9. The summed E-state index contributed by atoms with van der Waals surface area (Å²) < 4.78 is 20.3. The van der Waals surface area contributed by atoms with Crippen LogP contribution >= 0.6 is 34.0 Å². The lowest BCUT2D eigenvalue weighted by Gasteiger charge is -2.23. The summed E-state index contributed by atoms with van der Waals surface area (Å²) in [5, 5.41) is 43.5. The number of fused-ring (bicyclic) bond motifs is 6. The normalized spacial score (nSPS) is 19.7.